The summed E-state index contributed by atoms with van der Waals surface area (Å²) < 4.78 is 7.40. The maximum Gasteiger partial charge on any atom is 0.268 e. The summed E-state index contributed by atoms with van der Waals surface area (Å²) in [7, 11) is 0. The molecule has 0 aliphatic heterocycles. The molecule has 0 N–H and O–H groups in total. The average Bonchev–Trinajstić information content (AvgIpc) is 3.53. The van der Waals surface area contributed by atoms with Crippen LogP contribution in [0.15, 0.2) is 105 Å². The Morgan fingerprint density at radius 1 is 0.972 bits per heavy atom. The zero-order valence-electron chi connectivity index (χ0n) is 19.3. The number of fused-ring (bicyclic) bond motifs is 2. The van der Waals surface area contributed by atoms with Gasteiger partial charge in [-0.15, -0.1) is 11.3 Å². The van der Waals surface area contributed by atoms with Crippen molar-refractivity contribution in [2.45, 2.75) is 12.1 Å². The maximum atomic E-state index is 13.9. The first-order chi connectivity index (χ1) is 17.6. The number of Topliss-reactive ketones (excluding diaryl/α,β-unsaturated/α-hetero) is 1. The summed E-state index contributed by atoms with van der Waals surface area (Å²) in [5.74, 6) is 1.57. The van der Waals surface area contributed by atoms with Crippen molar-refractivity contribution in [3.8, 4) is 17.0 Å². The Balaban J connectivity index is 1.41. The van der Waals surface area contributed by atoms with Gasteiger partial charge in [0.15, 0.2) is 10.9 Å². The zero-order chi connectivity index (χ0) is 24.6. The summed E-state index contributed by atoms with van der Waals surface area (Å²) >= 11 is 2.67. The number of aryl methyl sites for hydroxylation is 1. The normalized spacial score (nSPS) is 11.4. The van der Waals surface area contributed by atoms with Crippen LogP contribution in [0.5, 0.6) is 0 Å². The second-order valence-electron chi connectivity index (χ2n) is 8.38. The number of nitrogens with zero attached hydrogens (tertiary/aromatic N) is 2. The SMILES string of the molecule is Cc1ccc(-c2csc3nc(SCC(=O)c4ccc5ccccc5c4)n(-c4ccccc4)c(=O)c23)o1. The van der Waals surface area contributed by atoms with E-state index < -0.39 is 0 Å². The van der Waals surface area contributed by atoms with E-state index in [1.54, 1.807) is 4.57 Å². The van der Waals surface area contributed by atoms with Gasteiger partial charge in [0.05, 0.1) is 16.8 Å². The van der Waals surface area contributed by atoms with Crippen molar-refractivity contribution < 1.29 is 9.21 Å². The minimum Gasteiger partial charge on any atom is -0.461 e. The van der Waals surface area contributed by atoms with Crippen molar-refractivity contribution in [1.29, 1.82) is 0 Å². The molecule has 0 bridgehead atoms. The predicted molar refractivity (Wildman–Crippen MR) is 147 cm³/mol. The van der Waals surface area contributed by atoms with E-state index in [0.29, 0.717) is 32.4 Å². The lowest BCUT2D eigenvalue weighted by Crippen LogP contribution is -2.22. The first-order valence-electron chi connectivity index (χ1n) is 11.4. The van der Waals surface area contributed by atoms with Gasteiger partial charge in [0.2, 0.25) is 0 Å². The molecular weight excluding hydrogens is 488 g/mol. The fourth-order valence-corrected chi connectivity index (χ4v) is 6.09. The molecule has 6 rings (SSSR count). The molecule has 176 valence electrons. The fraction of sp³-hybridized carbons (Fsp3) is 0.0690. The highest BCUT2D eigenvalue weighted by Crippen LogP contribution is 2.34. The van der Waals surface area contributed by atoms with Crippen molar-refractivity contribution >= 4 is 49.9 Å². The molecule has 5 nitrogen and oxygen atoms in total. The number of rotatable bonds is 6. The predicted octanol–water partition coefficient (Wildman–Crippen LogP) is 7.14. The molecule has 0 radical (unpaired) electrons. The number of benzene rings is 3. The van der Waals surface area contributed by atoms with Gasteiger partial charge in [-0.05, 0) is 48.0 Å². The van der Waals surface area contributed by atoms with Crippen molar-refractivity contribution in [1.82, 2.24) is 9.55 Å². The fourth-order valence-electron chi connectivity index (χ4n) is 4.21. The maximum absolute atomic E-state index is 13.9. The minimum absolute atomic E-state index is 0.0161. The molecular formula is C29H20N2O3S2. The molecule has 3 heterocycles. The Morgan fingerprint density at radius 2 is 1.75 bits per heavy atom. The number of para-hydroxylation sites is 1. The van der Waals surface area contributed by atoms with E-state index in [1.807, 2.05) is 97.2 Å². The molecule has 0 aliphatic rings. The molecule has 0 aliphatic carbocycles. The van der Waals surface area contributed by atoms with Gasteiger partial charge < -0.3 is 4.42 Å². The van der Waals surface area contributed by atoms with Crippen LogP contribution >= 0.6 is 23.1 Å². The second-order valence-corrected chi connectivity index (χ2v) is 10.2. The van der Waals surface area contributed by atoms with Crippen molar-refractivity contribution in [2.24, 2.45) is 0 Å². The summed E-state index contributed by atoms with van der Waals surface area (Å²) in [4.78, 5) is 32.4. The lowest BCUT2D eigenvalue weighted by molar-refractivity contribution is 0.102. The highest BCUT2D eigenvalue weighted by molar-refractivity contribution is 7.99. The third kappa shape index (κ3) is 4.06. The van der Waals surface area contributed by atoms with Crippen LogP contribution in [-0.4, -0.2) is 21.1 Å². The lowest BCUT2D eigenvalue weighted by atomic mass is 10.1. The van der Waals surface area contributed by atoms with Gasteiger partial charge in [-0.3, -0.25) is 14.2 Å². The van der Waals surface area contributed by atoms with Gasteiger partial charge in [0, 0.05) is 16.5 Å². The molecule has 0 saturated carbocycles. The number of carbonyl (C=O) groups excluding carboxylic acids is 1. The minimum atomic E-state index is -0.183. The van der Waals surface area contributed by atoms with Crippen molar-refractivity contribution in [3.05, 3.63) is 112 Å². The highest BCUT2D eigenvalue weighted by atomic mass is 32.2. The van der Waals surface area contributed by atoms with E-state index in [9.17, 15) is 9.59 Å². The van der Waals surface area contributed by atoms with Gasteiger partial charge in [0.1, 0.15) is 16.4 Å². The second kappa shape index (κ2) is 9.26. The standard InChI is InChI=1S/C29H20N2O3S2/c1-18-11-14-25(34-18)23-16-35-27-26(23)28(33)31(22-9-3-2-4-10-22)29(30-27)36-17-24(32)21-13-12-19-7-5-6-8-20(19)15-21/h2-16H,17H2,1H3. The Labute approximate surface area is 215 Å². The van der Waals surface area contributed by atoms with E-state index >= 15 is 0 Å². The molecule has 0 amide bonds. The molecule has 36 heavy (non-hydrogen) atoms. The van der Waals surface area contributed by atoms with Gasteiger partial charge in [0.25, 0.3) is 5.56 Å². The first-order valence-corrected chi connectivity index (χ1v) is 13.3. The van der Waals surface area contributed by atoms with Crippen LogP contribution in [-0.2, 0) is 0 Å². The molecule has 0 fully saturated rings. The average molecular weight is 509 g/mol. The number of hydrogen-bond donors (Lipinski definition) is 0. The third-order valence-corrected chi connectivity index (χ3v) is 7.81. The van der Waals surface area contributed by atoms with Crippen LogP contribution in [0.3, 0.4) is 0 Å². The number of hydrogen-bond acceptors (Lipinski definition) is 6. The van der Waals surface area contributed by atoms with Gasteiger partial charge in [-0.25, -0.2) is 4.98 Å². The van der Waals surface area contributed by atoms with E-state index in [4.69, 9.17) is 9.40 Å². The molecule has 0 atom stereocenters. The smallest absolute Gasteiger partial charge is 0.268 e. The molecule has 0 saturated heterocycles. The number of carbonyl (C=O) groups is 1. The van der Waals surface area contributed by atoms with Gasteiger partial charge in [-0.1, -0.05) is 66.4 Å². The van der Waals surface area contributed by atoms with Crippen LogP contribution in [0.2, 0.25) is 0 Å². The quantitative estimate of drug-likeness (QED) is 0.136. The van der Waals surface area contributed by atoms with E-state index in [0.717, 1.165) is 22.1 Å². The summed E-state index contributed by atoms with van der Waals surface area (Å²) in [5.41, 5.74) is 1.89. The van der Waals surface area contributed by atoms with Gasteiger partial charge in [-0.2, -0.15) is 0 Å². The summed E-state index contributed by atoms with van der Waals surface area (Å²) in [5, 5.41) is 5.02. The number of thioether (sulfide) groups is 1. The van der Waals surface area contributed by atoms with Crippen molar-refractivity contribution in [3.63, 3.8) is 0 Å². The zero-order valence-corrected chi connectivity index (χ0v) is 20.9. The Bertz CT molecular complexity index is 1800. The van der Waals surface area contributed by atoms with Crippen LogP contribution in [0.25, 0.3) is 38.0 Å². The monoisotopic (exact) mass is 508 g/mol. The topological polar surface area (TPSA) is 65.1 Å². The van der Waals surface area contributed by atoms with Gasteiger partial charge >= 0.3 is 0 Å². The number of furan rings is 1. The van der Waals surface area contributed by atoms with E-state index in [2.05, 4.69) is 0 Å². The van der Waals surface area contributed by atoms with E-state index in [1.165, 1.54) is 23.1 Å². The van der Waals surface area contributed by atoms with Crippen LogP contribution in [0.1, 0.15) is 16.1 Å². The molecule has 3 aromatic heterocycles. The summed E-state index contributed by atoms with van der Waals surface area (Å²) in [6.45, 7) is 1.87. The van der Waals surface area contributed by atoms with Crippen LogP contribution in [0.4, 0.5) is 0 Å². The molecule has 3 aromatic carbocycles. The first kappa shape index (κ1) is 22.5. The number of aromatic nitrogens is 2. The summed E-state index contributed by atoms with van der Waals surface area (Å²) in [6.07, 6.45) is 0. The molecule has 0 spiro atoms. The van der Waals surface area contributed by atoms with E-state index in [-0.39, 0.29) is 17.1 Å². The molecule has 6 aromatic rings. The molecule has 7 heteroatoms. The summed E-state index contributed by atoms with van der Waals surface area (Å²) in [6, 6.07) is 26.8. The van der Waals surface area contributed by atoms with Crippen LogP contribution < -0.4 is 5.56 Å². The highest BCUT2D eigenvalue weighted by Gasteiger charge is 2.21. The van der Waals surface area contributed by atoms with Crippen molar-refractivity contribution in [2.75, 3.05) is 5.75 Å². The number of thiophene rings is 1. The number of ketones is 1. The Kier molecular flexibility index (Phi) is 5.79. The molecule has 0 unspecified atom stereocenters. The Morgan fingerprint density at radius 3 is 2.53 bits per heavy atom. The third-order valence-electron chi connectivity index (χ3n) is 6.00. The Hall–Kier alpha value is -3.94. The van der Waals surface area contributed by atoms with Crippen LogP contribution in [0, 0.1) is 6.92 Å². The lowest BCUT2D eigenvalue weighted by Gasteiger charge is -2.12. The largest absolute Gasteiger partial charge is 0.461 e.